The highest BCUT2D eigenvalue weighted by Crippen LogP contribution is 2.42. The maximum absolute atomic E-state index is 13.1. The Kier molecular flexibility index (Phi) is 5.84. The van der Waals surface area contributed by atoms with Crippen molar-refractivity contribution in [1.82, 2.24) is 24.9 Å². The Labute approximate surface area is 208 Å². The molecule has 1 atom stereocenters. The summed E-state index contributed by atoms with van der Waals surface area (Å²) in [7, 11) is 1.66. The second-order valence-electron chi connectivity index (χ2n) is 9.34. The molecule has 1 saturated carbocycles. The van der Waals surface area contributed by atoms with E-state index in [9.17, 15) is 14.4 Å². The fourth-order valence-electron chi connectivity index (χ4n) is 4.49. The molecule has 0 spiro atoms. The van der Waals surface area contributed by atoms with Crippen LogP contribution in [0.1, 0.15) is 25.3 Å². The summed E-state index contributed by atoms with van der Waals surface area (Å²) >= 11 is 6.07. The molecule has 4 amide bonds. The molecule has 180 valence electrons. The van der Waals surface area contributed by atoms with Gasteiger partial charge in [0.1, 0.15) is 12.1 Å². The zero-order valence-electron chi connectivity index (χ0n) is 19.6. The van der Waals surface area contributed by atoms with Gasteiger partial charge in [-0.3, -0.25) is 14.5 Å². The van der Waals surface area contributed by atoms with E-state index in [-0.39, 0.29) is 30.8 Å². The van der Waals surface area contributed by atoms with E-state index in [0.29, 0.717) is 5.02 Å². The van der Waals surface area contributed by atoms with Gasteiger partial charge >= 0.3 is 6.03 Å². The molecule has 1 aliphatic carbocycles. The van der Waals surface area contributed by atoms with Gasteiger partial charge in [-0.05, 0) is 49.9 Å². The molecule has 2 fully saturated rings. The first-order valence-corrected chi connectivity index (χ1v) is 11.9. The molecule has 2 aromatic carbocycles. The normalized spacial score (nSPS) is 19.7. The van der Waals surface area contributed by atoms with Crippen molar-refractivity contribution in [3.63, 3.8) is 0 Å². The number of hydrogen-bond acceptors (Lipinski definition) is 4. The van der Waals surface area contributed by atoms with E-state index in [2.05, 4.69) is 5.32 Å². The maximum atomic E-state index is 13.1. The third kappa shape index (κ3) is 4.41. The van der Waals surface area contributed by atoms with E-state index in [1.807, 2.05) is 48.7 Å². The summed E-state index contributed by atoms with van der Waals surface area (Å²) < 4.78 is 1.77. The van der Waals surface area contributed by atoms with E-state index in [0.717, 1.165) is 40.2 Å². The lowest BCUT2D eigenvalue weighted by atomic mass is 9.96. The summed E-state index contributed by atoms with van der Waals surface area (Å²) in [6, 6.07) is 16.6. The van der Waals surface area contributed by atoms with Gasteiger partial charge in [0.15, 0.2) is 0 Å². The van der Waals surface area contributed by atoms with Crippen LogP contribution in [0.5, 0.6) is 0 Å². The zero-order valence-corrected chi connectivity index (χ0v) is 20.3. The summed E-state index contributed by atoms with van der Waals surface area (Å²) in [6.07, 6.45) is 3.70. The Morgan fingerprint density at radius 2 is 1.83 bits per heavy atom. The summed E-state index contributed by atoms with van der Waals surface area (Å²) in [4.78, 5) is 41.0. The first-order valence-electron chi connectivity index (χ1n) is 11.5. The van der Waals surface area contributed by atoms with Gasteiger partial charge < -0.3 is 10.2 Å². The van der Waals surface area contributed by atoms with Crippen LogP contribution in [0.4, 0.5) is 4.79 Å². The highest BCUT2D eigenvalue weighted by Gasteiger charge is 2.56. The van der Waals surface area contributed by atoms with E-state index >= 15 is 0 Å². The topological polar surface area (TPSA) is 87.5 Å². The molecule has 2 heterocycles. The molecule has 9 heteroatoms. The van der Waals surface area contributed by atoms with Gasteiger partial charge in [-0.2, -0.15) is 5.10 Å². The molecular formula is C26H26ClN5O3. The monoisotopic (exact) mass is 491 g/mol. The Hall–Kier alpha value is -3.65. The van der Waals surface area contributed by atoms with Crippen LogP contribution in [0.15, 0.2) is 60.8 Å². The van der Waals surface area contributed by atoms with Crippen LogP contribution in [0, 0.1) is 5.92 Å². The molecule has 3 aromatic rings. The lowest BCUT2D eigenvalue weighted by Crippen LogP contribution is -2.47. The lowest BCUT2D eigenvalue weighted by molar-refractivity contribution is -0.138. The van der Waals surface area contributed by atoms with Gasteiger partial charge in [-0.15, -0.1) is 0 Å². The number of hydrogen-bond donors (Lipinski definition) is 1. The summed E-state index contributed by atoms with van der Waals surface area (Å²) in [5.74, 6) is -0.517. The molecule has 1 unspecified atom stereocenters. The molecular weight excluding hydrogens is 466 g/mol. The minimum Gasteiger partial charge on any atom is -0.340 e. The first kappa shape index (κ1) is 23.1. The number of imide groups is 1. The van der Waals surface area contributed by atoms with Crippen molar-refractivity contribution in [2.45, 2.75) is 31.8 Å². The average Bonchev–Trinajstić information content (AvgIpc) is 3.60. The molecule has 1 aliphatic heterocycles. The summed E-state index contributed by atoms with van der Waals surface area (Å²) in [6.45, 7) is 1.70. The minimum atomic E-state index is -0.908. The van der Waals surface area contributed by atoms with Crippen molar-refractivity contribution < 1.29 is 14.4 Å². The van der Waals surface area contributed by atoms with Crippen LogP contribution in [0.2, 0.25) is 5.02 Å². The molecule has 1 saturated heterocycles. The molecule has 5 rings (SSSR count). The van der Waals surface area contributed by atoms with Crippen molar-refractivity contribution in [3.05, 3.63) is 71.4 Å². The van der Waals surface area contributed by atoms with Crippen LogP contribution in [0.25, 0.3) is 16.9 Å². The van der Waals surface area contributed by atoms with Gasteiger partial charge in [0, 0.05) is 35.9 Å². The van der Waals surface area contributed by atoms with E-state index < -0.39 is 11.6 Å². The third-order valence-corrected chi connectivity index (χ3v) is 7.00. The molecule has 1 N–H and O–H groups in total. The third-order valence-electron chi connectivity index (χ3n) is 6.75. The van der Waals surface area contributed by atoms with Gasteiger partial charge in [-0.1, -0.05) is 41.9 Å². The predicted octanol–water partition coefficient (Wildman–Crippen LogP) is 3.87. The number of urea groups is 1. The Balaban J connectivity index is 1.37. The average molecular weight is 492 g/mol. The van der Waals surface area contributed by atoms with Crippen molar-refractivity contribution >= 4 is 29.4 Å². The quantitative estimate of drug-likeness (QED) is 0.508. The largest absolute Gasteiger partial charge is 0.340 e. The predicted molar refractivity (Wildman–Crippen MR) is 132 cm³/mol. The molecule has 1 aromatic heterocycles. The second-order valence-corrected chi connectivity index (χ2v) is 9.77. The molecule has 35 heavy (non-hydrogen) atoms. The highest BCUT2D eigenvalue weighted by molar-refractivity contribution is 6.30. The minimum absolute atomic E-state index is 0.141. The van der Waals surface area contributed by atoms with Gasteiger partial charge in [0.2, 0.25) is 5.91 Å². The number of likely N-dealkylation sites (N-methyl/N-ethyl adjacent to an activating group) is 1. The Morgan fingerprint density at radius 3 is 2.49 bits per heavy atom. The number of carbonyl (C=O) groups is 3. The number of aromatic nitrogens is 2. The molecule has 0 bridgehead atoms. The number of nitrogens with zero attached hydrogens (tertiary/aromatic N) is 4. The van der Waals surface area contributed by atoms with Crippen LogP contribution >= 0.6 is 11.6 Å². The fraction of sp³-hybridized carbons (Fsp3) is 0.308. The van der Waals surface area contributed by atoms with Crippen LogP contribution < -0.4 is 5.32 Å². The van der Waals surface area contributed by atoms with E-state index in [1.165, 1.54) is 4.90 Å². The number of halogens is 1. The van der Waals surface area contributed by atoms with Crippen molar-refractivity contribution in [2.24, 2.45) is 5.92 Å². The summed E-state index contributed by atoms with van der Waals surface area (Å²) in [5, 5.41) is 8.18. The van der Waals surface area contributed by atoms with E-state index in [1.54, 1.807) is 30.8 Å². The van der Waals surface area contributed by atoms with Gasteiger partial charge in [-0.25, -0.2) is 9.48 Å². The number of rotatable bonds is 7. The highest BCUT2D eigenvalue weighted by atomic mass is 35.5. The lowest BCUT2D eigenvalue weighted by Gasteiger charge is -2.22. The van der Waals surface area contributed by atoms with Crippen LogP contribution in [0.3, 0.4) is 0 Å². The number of para-hydroxylation sites is 1. The maximum Gasteiger partial charge on any atom is 0.325 e. The molecule has 2 aliphatic rings. The SMILES string of the molecule is CN(Cc1cn(-c2ccccc2)nc1-c1ccc(Cl)cc1)C(=O)CN1C(=O)NC(C)(C2CC2)C1=O. The van der Waals surface area contributed by atoms with Gasteiger partial charge in [0.05, 0.1) is 11.4 Å². The summed E-state index contributed by atoms with van der Waals surface area (Å²) in [5.41, 5.74) is 2.40. The number of benzene rings is 2. The smallest absolute Gasteiger partial charge is 0.325 e. The van der Waals surface area contributed by atoms with Crippen molar-refractivity contribution in [3.8, 4) is 16.9 Å². The standard InChI is InChI=1S/C26H26ClN5O3/c1-26(19-10-11-19)24(34)31(25(35)28-26)16-22(33)30(2)14-18-15-32(21-6-4-3-5-7-21)29-23(18)17-8-12-20(27)13-9-17/h3-9,12-13,15,19H,10-11,14,16H2,1-2H3,(H,28,35). The fourth-order valence-corrected chi connectivity index (χ4v) is 4.61. The van der Waals surface area contributed by atoms with Crippen molar-refractivity contribution in [2.75, 3.05) is 13.6 Å². The van der Waals surface area contributed by atoms with E-state index in [4.69, 9.17) is 16.7 Å². The first-order chi connectivity index (χ1) is 16.8. The number of carbonyl (C=O) groups excluding carboxylic acids is 3. The zero-order chi connectivity index (χ0) is 24.7. The molecule has 0 radical (unpaired) electrons. The number of amides is 4. The second kappa shape index (κ2) is 8.85. The Bertz CT molecular complexity index is 1290. The van der Waals surface area contributed by atoms with Crippen LogP contribution in [-0.4, -0.2) is 56.6 Å². The Morgan fingerprint density at radius 1 is 1.14 bits per heavy atom. The number of nitrogens with one attached hydrogen (secondary N) is 1. The van der Waals surface area contributed by atoms with Crippen LogP contribution in [-0.2, 0) is 16.1 Å². The van der Waals surface area contributed by atoms with Gasteiger partial charge in [0.25, 0.3) is 5.91 Å². The molecule has 8 nitrogen and oxygen atoms in total. The van der Waals surface area contributed by atoms with Crippen molar-refractivity contribution in [1.29, 1.82) is 0 Å².